The SMILES string of the molecule is Cc1cc2c3ccccc3sc2n1-c1ncccc1Cl. The van der Waals surface area contributed by atoms with Crippen LogP contribution in [0.1, 0.15) is 5.69 Å². The van der Waals surface area contributed by atoms with E-state index >= 15 is 0 Å². The number of fused-ring (bicyclic) bond motifs is 3. The molecule has 0 radical (unpaired) electrons. The van der Waals surface area contributed by atoms with Gasteiger partial charge in [-0.15, -0.1) is 11.3 Å². The number of rotatable bonds is 1. The van der Waals surface area contributed by atoms with Gasteiger partial charge in [-0.25, -0.2) is 4.98 Å². The Morgan fingerprint density at radius 3 is 2.80 bits per heavy atom. The van der Waals surface area contributed by atoms with Crippen LogP contribution in [0.3, 0.4) is 0 Å². The Morgan fingerprint density at radius 1 is 1.10 bits per heavy atom. The molecule has 98 valence electrons. The molecule has 0 N–H and O–H groups in total. The van der Waals surface area contributed by atoms with Crippen molar-refractivity contribution in [2.24, 2.45) is 0 Å². The van der Waals surface area contributed by atoms with Gasteiger partial charge in [0.05, 0.1) is 5.02 Å². The molecule has 0 aliphatic carbocycles. The van der Waals surface area contributed by atoms with Crippen LogP contribution in [-0.4, -0.2) is 9.55 Å². The number of hydrogen-bond acceptors (Lipinski definition) is 2. The van der Waals surface area contributed by atoms with Crippen LogP contribution < -0.4 is 0 Å². The Hall–Kier alpha value is -1.84. The molecule has 0 aliphatic heterocycles. The van der Waals surface area contributed by atoms with Crippen LogP contribution in [0.25, 0.3) is 26.1 Å². The second kappa shape index (κ2) is 4.33. The van der Waals surface area contributed by atoms with Crippen molar-refractivity contribution in [3.8, 4) is 5.82 Å². The van der Waals surface area contributed by atoms with E-state index < -0.39 is 0 Å². The van der Waals surface area contributed by atoms with Gasteiger partial charge >= 0.3 is 0 Å². The Labute approximate surface area is 125 Å². The fraction of sp³-hybridized carbons (Fsp3) is 0.0625. The van der Waals surface area contributed by atoms with Crippen molar-refractivity contribution in [3.63, 3.8) is 0 Å². The first-order chi connectivity index (χ1) is 9.75. The lowest BCUT2D eigenvalue weighted by molar-refractivity contribution is 1.00. The summed E-state index contributed by atoms with van der Waals surface area (Å²) in [5, 5.41) is 3.23. The summed E-state index contributed by atoms with van der Waals surface area (Å²) in [6.07, 6.45) is 1.78. The zero-order chi connectivity index (χ0) is 13.7. The Morgan fingerprint density at radius 2 is 1.95 bits per heavy atom. The molecule has 0 atom stereocenters. The summed E-state index contributed by atoms with van der Waals surface area (Å²) in [6.45, 7) is 2.09. The van der Waals surface area contributed by atoms with Crippen LogP contribution in [0.15, 0.2) is 48.7 Å². The van der Waals surface area contributed by atoms with E-state index in [2.05, 4.69) is 46.8 Å². The molecule has 1 aromatic carbocycles. The summed E-state index contributed by atoms with van der Waals surface area (Å²) in [4.78, 5) is 5.64. The van der Waals surface area contributed by atoms with Gasteiger partial charge in [-0.05, 0) is 31.2 Å². The van der Waals surface area contributed by atoms with Gasteiger partial charge in [0.25, 0.3) is 0 Å². The van der Waals surface area contributed by atoms with E-state index in [0.717, 1.165) is 11.5 Å². The summed E-state index contributed by atoms with van der Waals surface area (Å²) in [5.74, 6) is 0.799. The molecule has 20 heavy (non-hydrogen) atoms. The molecule has 2 nitrogen and oxygen atoms in total. The number of nitrogens with zero attached hydrogens (tertiary/aromatic N) is 2. The van der Waals surface area contributed by atoms with Gasteiger partial charge in [-0.3, -0.25) is 4.57 Å². The highest BCUT2D eigenvalue weighted by Crippen LogP contribution is 2.38. The van der Waals surface area contributed by atoms with E-state index in [9.17, 15) is 0 Å². The summed E-state index contributed by atoms with van der Waals surface area (Å²) in [7, 11) is 0. The van der Waals surface area contributed by atoms with E-state index in [-0.39, 0.29) is 0 Å². The normalized spacial score (nSPS) is 11.5. The van der Waals surface area contributed by atoms with Crippen molar-refractivity contribution in [1.29, 1.82) is 0 Å². The molecule has 0 bridgehead atoms. The van der Waals surface area contributed by atoms with Crippen molar-refractivity contribution >= 4 is 43.2 Å². The van der Waals surface area contributed by atoms with Crippen LogP contribution in [-0.2, 0) is 0 Å². The summed E-state index contributed by atoms with van der Waals surface area (Å²) < 4.78 is 3.43. The largest absolute Gasteiger partial charge is 0.288 e. The first kappa shape index (κ1) is 11.9. The molecule has 0 saturated carbocycles. The second-order valence-electron chi connectivity index (χ2n) is 4.75. The number of pyridine rings is 1. The topological polar surface area (TPSA) is 17.8 Å². The highest BCUT2D eigenvalue weighted by Gasteiger charge is 2.15. The highest BCUT2D eigenvalue weighted by molar-refractivity contribution is 7.25. The third-order valence-electron chi connectivity index (χ3n) is 3.47. The van der Waals surface area contributed by atoms with E-state index in [1.165, 1.54) is 20.3 Å². The second-order valence-corrected chi connectivity index (χ2v) is 6.18. The van der Waals surface area contributed by atoms with Gasteiger partial charge in [-0.1, -0.05) is 29.8 Å². The Balaban J connectivity index is 2.14. The lowest BCUT2D eigenvalue weighted by Gasteiger charge is -2.07. The fourth-order valence-electron chi connectivity index (χ4n) is 2.60. The Bertz CT molecular complexity index is 936. The molecule has 0 unspecified atom stereocenters. The van der Waals surface area contributed by atoms with Crippen LogP contribution in [0.4, 0.5) is 0 Å². The van der Waals surface area contributed by atoms with Gasteiger partial charge in [0.1, 0.15) is 4.83 Å². The van der Waals surface area contributed by atoms with Crippen molar-refractivity contribution in [2.75, 3.05) is 0 Å². The van der Waals surface area contributed by atoms with E-state index in [1.54, 1.807) is 17.5 Å². The predicted octanol–water partition coefficient (Wildman–Crippen LogP) is 5.20. The van der Waals surface area contributed by atoms with Crippen LogP contribution in [0.5, 0.6) is 0 Å². The third-order valence-corrected chi connectivity index (χ3v) is 4.94. The molecule has 4 aromatic rings. The van der Waals surface area contributed by atoms with Crippen molar-refractivity contribution in [1.82, 2.24) is 9.55 Å². The zero-order valence-electron chi connectivity index (χ0n) is 10.8. The van der Waals surface area contributed by atoms with Gasteiger partial charge in [-0.2, -0.15) is 0 Å². The molecule has 0 aliphatic rings. The Kier molecular flexibility index (Phi) is 2.59. The third kappa shape index (κ3) is 1.60. The quantitative estimate of drug-likeness (QED) is 0.472. The molecular formula is C16H11ClN2S. The summed E-state index contributed by atoms with van der Waals surface area (Å²) in [6, 6.07) is 14.4. The minimum absolute atomic E-state index is 0.672. The number of hydrogen-bond donors (Lipinski definition) is 0. The van der Waals surface area contributed by atoms with Crippen LogP contribution in [0.2, 0.25) is 5.02 Å². The van der Waals surface area contributed by atoms with Gasteiger partial charge in [0.15, 0.2) is 5.82 Å². The van der Waals surface area contributed by atoms with Gasteiger partial charge in [0.2, 0.25) is 0 Å². The molecule has 0 saturated heterocycles. The number of halogens is 1. The average molecular weight is 299 g/mol. The van der Waals surface area contributed by atoms with Crippen LogP contribution in [0, 0.1) is 6.92 Å². The maximum atomic E-state index is 6.31. The first-order valence-electron chi connectivity index (χ1n) is 6.36. The molecule has 3 heterocycles. The van der Waals surface area contributed by atoms with E-state index in [1.807, 2.05) is 12.1 Å². The standard InChI is InChI=1S/C16H11ClN2S/c1-10-9-12-11-5-2-3-7-14(11)20-16(12)19(10)15-13(17)6-4-8-18-15/h2-9H,1H3. The maximum Gasteiger partial charge on any atom is 0.156 e. The van der Waals surface area contributed by atoms with E-state index in [0.29, 0.717) is 5.02 Å². The van der Waals surface area contributed by atoms with Crippen molar-refractivity contribution in [3.05, 3.63) is 59.4 Å². The summed E-state index contributed by atoms with van der Waals surface area (Å²) >= 11 is 8.09. The highest BCUT2D eigenvalue weighted by atomic mass is 35.5. The smallest absolute Gasteiger partial charge is 0.156 e. The number of benzene rings is 1. The van der Waals surface area contributed by atoms with Gasteiger partial charge in [0, 0.05) is 27.4 Å². The molecule has 0 spiro atoms. The minimum Gasteiger partial charge on any atom is -0.288 e. The molecular weight excluding hydrogens is 288 g/mol. The molecule has 4 rings (SSSR count). The minimum atomic E-state index is 0.672. The summed E-state index contributed by atoms with van der Waals surface area (Å²) in [5.41, 5.74) is 1.15. The molecule has 4 heteroatoms. The average Bonchev–Trinajstić information content (AvgIpc) is 2.95. The number of aryl methyl sites for hydroxylation is 1. The monoisotopic (exact) mass is 298 g/mol. The van der Waals surface area contributed by atoms with Crippen molar-refractivity contribution in [2.45, 2.75) is 6.92 Å². The molecule has 3 aromatic heterocycles. The fourth-order valence-corrected chi connectivity index (χ4v) is 4.05. The zero-order valence-corrected chi connectivity index (χ0v) is 12.4. The molecule has 0 fully saturated rings. The van der Waals surface area contributed by atoms with Crippen LogP contribution >= 0.6 is 22.9 Å². The van der Waals surface area contributed by atoms with E-state index in [4.69, 9.17) is 11.6 Å². The first-order valence-corrected chi connectivity index (χ1v) is 7.55. The number of thiophene rings is 1. The predicted molar refractivity (Wildman–Crippen MR) is 86.2 cm³/mol. The lowest BCUT2D eigenvalue weighted by atomic mass is 10.2. The number of aromatic nitrogens is 2. The van der Waals surface area contributed by atoms with Crippen molar-refractivity contribution < 1.29 is 0 Å². The lowest BCUT2D eigenvalue weighted by Crippen LogP contribution is -1.98. The van der Waals surface area contributed by atoms with Gasteiger partial charge < -0.3 is 0 Å². The maximum absolute atomic E-state index is 6.31. The molecule has 0 amide bonds.